The van der Waals surface area contributed by atoms with Crippen molar-refractivity contribution in [3.63, 3.8) is 0 Å². The molecule has 5 aliphatic rings. The second-order valence-corrected chi connectivity index (χ2v) is 19.7. The van der Waals surface area contributed by atoms with Gasteiger partial charge in [0.15, 0.2) is 0 Å². The van der Waals surface area contributed by atoms with Gasteiger partial charge in [-0.05, 0) is 102 Å². The number of allylic oxidation sites excluding steroid dienone is 4. The van der Waals surface area contributed by atoms with Crippen LogP contribution in [0.3, 0.4) is 0 Å². The van der Waals surface area contributed by atoms with Gasteiger partial charge in [-0.25, -0.2) is 9.59 Å². The molecule has 17 heteroatoms. The quantitative estimate of drug-likeness (QED) is 0.0708. The van der Waals surface area contributed by atoms with E-state index in [1.54, 1.807) is 26.0 Å². The number of Topliss-reactive ketones (excluding diaryl/α,β-unsaturated/α-hetero) is 2. The van der Waals surface area contributed by atoms with Crippen LogP contribution < -0.4 is 5.73 Å². The van der Waals surface area contributed by atoms with Crippen LogP contribution in [0.2, 0.25) is 0 Å². The molecule has 1 aliphatic carbocycles. The van der Waals surface area contributed by atoms with Gasteiger partial charge in [0.25, 0.3) is 11.7 Å². The number of piperidine rings is 1. The number of hydrogen-bond acceptors (Lipinski definition) is 14. The van der Waals surface area contributed by atoms with Crippen LogP contribution in [-0.2, 0) is 42.9 Å². The fourth-order valence-corrected chi connectivity index (χ4v) is 10.4. The number of hydrogen-bond donors (Lipinski definition) is 5. The summed E-state index contributed by atoms with van der Waals surface area (Å²) in [6.45, 7) is 9.68. The van der Waals surface area contributed by atoms with Gasteiger partial charge in [0, 0.05) is 58.0 Å². The van der Waals surface area contributed by atoms with E-state index in [2.05, 4.69) is 0 Å². The maximum atomic E-state index is 14.5. The number of rotatable bonds is 9. The Hall–Kier alpha value is -4.00. The molecular formula is C49H76N4O13. The van der Waals surface area contributed by atoms with Crippen molar-refractivity contribution >= 4 is 35.4 Å². The molecule has 0 aromatic heterocycles. The van der Waals surface area contributed by atoms with E-state index >= 15 is 0 Å². The lowest BCUT2D eigenvalue weighted by Crippen LogP contribution is -2.64. The van der Waals surface area contributed by atoms with Crippen molar-refractivity contribution < 1.29 is 63.0 Å². The molecule has 0 radical (unpaired) electrons. The monoisotopic (exact) mass is 929 g/mol. The molecular weight excluding hydrogens is 853 g/mol. The number of cyclic esters (lactones) is 1. The third-order valence-corrected chi connectivity index (χ3v) is 14.6. The van der Waals surface area contributed by atoms with Crippen LogP contribution in [0.5, 0.6) is 0 Å². The fraction of sp³-hybridized carbons (Fsp3) is 0.755. The van der Waals surface area contributed by atoms with E-state index in [1.165, 1.54) is 24.0 Å². The van der Waals surface area contributed by atoms with E-state index in [1.807, 2.05) is 32.9 Å². The molecule has 370 valence electrons. The van der Waals surface area contributed by atoms with Crippen molar-refractivity contribution in [1.29, 1.82) is 5.41 Å². The number of likely N-dealkylation sites (tertiary alicyclic amines) is 1. The highest BCUT2D eigenvalue weighted by Gasteiger charge is 2.56. The second kappa shape index (κ2) is 23.8. The molecule has 5 rings (SSSR count). The second-order valence-electron chi connectivity index (χ2n) is 19.7. The standard InChI is InChI=1S/C49H76N4O13/c1-28-20-29(2)22-40(62-6)43-41(63-7)24-31(4)49(61,66-43)44(57)46(58)53-18-10-8-13-37(53)47(59)65-42(32(5)38(55)25-39(56)34(21-28)12-9-11-19-54)30(3)23-33-14-16-36(17-15-33)64-48(60)52-26-35(27-52)45(50)51/h9,11,21,23,29,31-38,40-43,54-55,61H,8,10,12-20,22,24-27H2,1-7H3,(H3,50,51)/b11-9+,28-21+,30-23+/t29-,31+,32+,33?,34+,36?,37-,38-,40-,41-,42+,43+,49+/m0/s1. The summed E-state index contributed by atoms with van der Waals surface area (Å²) in [5.41, 5.74) is 7.12. The minimum atomic E-state index is -2.54. The summed E-state index contributed by atoms with van der Waals surface area (Å²) in [7, 11) is 3.03. The van der Waals surface area contributed by atoms with Gasteiger partial charge in [0.2, 0.25) is 5.79 Å². The number of esters is 1. The predicted molar refractivity (Wildman–Crippen MR) is 244 cm³/mol. The van der Waals surface area contributed by atoms with Crippen LogP contribution in [0.1, 0.15) is 112 Å². The summed E-state index contributed by atoms with van der Waals surface area (Å²) in [6.07, 6.45) is 7.03. The molecule has 2 bridgehead atoms. The first-order chi connectivity index (χ1) is 31.3. The topological polar surface area (TPSA) is 249 Å². The first-order valence-electron chi connectivity index (χ1n) is 23.9. The van der Waals surface area contributed by atoms with Crippen LogP contribution in [0.25, 0.3) is 0 Å². The Labute approximate surface area is 389 Å². The summed E-state index contributed by atoms with van der Waals surface area (Å²) >= 11 is 0. The van der Waals surface area contributed by atoms with Gasteiger partial charge in [-0.15, -0.1) is 0 Å². The van der Waals surface area contributed by atoms with Crippen molar-refractivity contribution in [1.82, 2.24) is 9.80 Å². The number of fused-ring (bicyclic) bond motifs is 3. The zero-order chi connectivity index (χ0) is 48.5. The molecule has 4 heterocycles. The van der Waals surface area contributed by atoms with E-state index in [0.29, 0.717) is 76.5 Å². The van der Waals surface area contributed by atoms with Crippen molar-refractivity contribution in [3.05, 3.63) is 35.5 Å². The maximum Gasteiger partial charge on any atom is 0.410 e. The molecule has 0 unspecified atom stereocenters. The highest BCUT2D eigenvalue weighted by atomic mass is 16.7. The van der Waals surface area contributed by atoms with Gasteiger partial charge in [-0.2, -0.15) is 0 Å². The molecule has 66 heavy (non-hydrogen) atoms. The van der Waals surface area contributed by atoms with E-state index in [-0.39, 0.29) is 67.9 Å². The molecule has 0 spiro atoms. The maximum absolute atomic E-state index is 14.5. The molecule has 0 aromatic rings. The third-order valence-electron chi connectivity index (χ3n) is 14.6. The Morgan fingerprint density at radius 2 is 1.65 bits per heavy atom. The lowest BCUT2D eigenvalue weighted by atomic mass is 9.82. The van der Waals surface area contributed by atoms with E-state index in [0.717, 1.165) is 5.57 Å². The SMILES string of the molecule is CO[C@H]1C[C@@H](C)C/C(C)=C/[C@@H](C/C=C/CO)C(=O)C[C@H](O)[C@@H](C)[C@@H](/C(C)=C/C2CCC(OC(=O)N3CC(C(=N)N)C3)CC2)OC(=O)[C@@H]2CCCCN2C(=O)C(=O)[C@]2(O)O[C@H]1[C@@H](OC)C[C@H]2C. The third kappa shape index (κ3) is 12.9. The van der Waals surface area contributed by atoms with Crippen molar-refractivity contribution in [3.8, 4) is 0 Å². The molecule has 1 saturated carbocycles. The largest absolute Gasteiger partial charge is 0.456 e. The van der Waals surface area contributed by atoms with Crippen LogP contribution in [0, 0.1) is 40.9 Å². The normalized spacial score (nSPS) is 37.2. The van der Waals surface area contributed by atoms with Crippen LogP contribution in [0.15, 0.2) is 35.5 Å². The number of amidine groups is 1. The van der Waals surface area contributed by atoms with Gasteiger partial charge in [-0.3, -0.25) is 19.8 Å². The summed E-state index contributed by atoms with van der Waals surface area (Å²) in [6, 6.07) is -1.18. The number of aliphatic hydroxyl groups is 3. The number of amides is 2. The Balaban J connectivity index is 1.46. The zero-order valence-corrected chi connectivity index (χ0v) is 40.0. The smallest absolute Gasteiger partial charge is 0.410 e. The molecule has 3 saturated heterocycles. The van der Waals surface area contributed by atoms with Crippen LogP contribution in [-0.4, -0.2) is 149 Å². The number of nitrogens with one attached hydrogen (secondary N) is 1. The number of ether oxygens (including phenoxy) is 5. The highest BCUT2D eigenvalue weighted by Crippen LogP contribution is 2.39. The van der Waals surface area contributed by atoms with E-state index in [9.17, 15) is 39.3 Å². The number of nitrogens with zero attached hydrogens (tertiary/aromatic N) is 2. The minimum absolute atomic E-state index is 0.0157. The van der Waals surface area contributed by atoms with Crippen LogP contribution >= 0.6 is 0 Å². The van der Waals surface area contributed by atoms with Gasteiger partial charge >= 0.3 is 12.1 Å². The molecule has 0 aromatic carbocycles. The average Bonchev–Trinajstić information content (AvgIpc) is 3.26. The number of ketones is 2. The van der Waals surface area contributed by atoms with Gasteiger partial charge < -0.3 is 54.5 Å². The van der Waals surface area contributed by atoms with Gasteiger partial charge in [0.05, 0.1) is 36.7 Å². The lowest BCUT2D eigenvalue weighted by molar-refractivity contribution is -0.302. The average molecular weight is 929 g/mol. The Bertz CT molecular complexity index is 1820. The summed E-state index contributed by atoms with van der Waals surface area (Å²) in [4.78, 5) is 72.7. The number of nitrogens with two attached hydrogens (primary N) is 1. The predicted octanol–water partition coefficient (Wildman–Crippen LogP) is 4.39. The molecule has 2 amide bonds. The van der Waals surface area contributed by atoms with Crippen molar-refractivity contribution in [2.75, 3.05) is 40.5 Å². The van der Waals surface area contributed by atoms with Crippen molar-refractivity contribution in [2.24, 2.45) is 41.2 Å². The summed E-state index contributed by atoms with van der Waals surface area (Å²) in [5.74, 6) is -8.20. The van der Waals surface area contributed by atoms with E-state index < -0.39 is 83.9 Å². The summed E-state index contributed by atoms with van der Waals surface area (Å²) < 4.78 is 30.1. The van der Waals surface area contributed by atoms with Crippen LogP contribution in [0.4, 0.5) is 4.79 Å². The number of methoxy groups -OCH3 is 2. The fourth-order valence-electron chi connectivity index (χ4n) is 10.4. The lowest BCUT2D eigenvalue weighted by Gasteiger charge is -2.47. The zero-order valence-electron chi connectivity index (χ0n) is 40.0. The molecule has 17 nitrogen and oxygen atoms in total. The molecule has 4 fully saturated rings. The Kier molecular flexibility index (Phi) is 19.1. The number of aliphatic hydroxyl groups excluding tert-OH is 2. The number of carbonyl (C=O) groups excluding carboxylic acids is 5. The highest BCUT2D eigenvalue weighted by molar-refractivity contribution is 6.39. The first kappa shape index (κ1) is 53.0. The van der Waals surface area contributed by atoms with Gasteiger partial charge in [-0.1, -0.05) is 50.6 Å². The van der Waals surface area contributed by atoms with Crippen molar-refractivity contribution in [2.45, 2.75) is 160 Å². The Morgan fingerprint density at radius 3 is 2.29 bits per heavy atom. The first-order valence-corrected chi connectivity index (χ1v) is 23.9. The minimum Gasteiger partial charge on any atom is -0.456 e. The Morgan fingerprint density at radius 1 is 0.985 bits per heavy atom. The van der Waals surface area contributed by atoms with Gasteiger partial charge in [0.1, 0.15) is 30.1 Å². The number of carbonyl (C=O) groups is 5. The molecule has 11 atom stereocenters. The molecule has 6 N–H and O–H groups in total. The van der Waals surface area contributed by atoms with E-state index in [4.69, 9.17) is 34.8 Å². The summed E-state index contributed by atoms with van der Waals surface area (Å²) in [5, 5.41) is 41.1. The molecule has 4 aliphatic heterocycles.